The topological polar surface area (TPSA) is 140 Å². The zero-order chi connectivity index (χ0) is 16.1. The van der Waals surface area contributed by atoms with Gasteiger partial charge in [0.25, 0.3) is 0 Å². The maximum absolute atomic E-state index is 10.5. The monoisotopic (exact) mass is 325 g/mol. The summed E-state index contributed by atoms with van der Waals surface area (Å²) in [4.78, 5) is 11.8. The Morgan fingerprint density at radius 3 is 2.91 bits per heavy atom. The van der Waals surface area contributed by atoms with Gasteiger partial charge in [0.05, 0.1) is 12.9 Å². The van der Waals surface area contributed by atoms with Gasteiger partial charge in [-0.2, -0.15) is 9.97 Å². The first-order valence-electron chi connectivity index (χ1n) is 6.22. The average molecular weight is 326 g/mol. The number of aliphatic hydroxyl groups is 3. The Labute approximate surface area is 129 Å². The van der Waals surface area contributed by atoms with Gasteiger partial charge in [-0.25, -0.2) is 4.98 Å². The molecule has 0 amide bonds. The normalized spacial score (nSPS) is 31.5. The van der Waals surface area contributed by atoms with Crippen molar-refractivity contribution in [1.82, 2.24) is 19.5 Å². The number of nitrogens with zero attached hydrogens (tertiary/aromatic N) is 4. The number of ether oxygens (including phenoxy) is 1. The first-order chi connectivity index (χ1) is 10.4. The van der Waals surface area contributed by atoms with E-state index in [1.54, 1.807) is 0 Å². The highest BCUT2D eigenvalue weighted by molar-refractivity contribution is 6.28. The number of aromatic nitrogens is 4. The molecule has 2 aromatic heterocycles. The Morgan fingerprint density at radius 1 is 1.55 bits per heavy atom. The van der Waals surface area contributed by atoms with Crippen LogP contribution in [0, 0.1) is 12.3 Å². The Morgan fingerprint density at radius 2 is 2.27 bits per heavy atom. The van der Waals surface area contributed by atoms with Crippen molar-refractivity contribution in [3.8, 4) is 12.3 Å². The lowest BCUT2D eigenvalue weighted by Gasteiger charge is -2.26. The van der Waals surface area contributed by atoms with E-state index in [1.165, 1.54) is 10.9 Å². The minimum absolute atomic E-state index is 0.0512. The van der Waals surface area contributed by atoms with Gasteiger partial charge in [0.1, 0.15) is 17.7 Å². The van der Waals surface area contributed by atoms with E-state index in [2.05, 4.69) is 20.9 Å². The maximum atomic E-state index is 10.5. The van der Waals surface area contributed by atoms with Gasteiger partial charge in [0, 0.05) is 0 Å². The molecule has 2 aromatic rings. The quantitative estimate of drug-likeness (QED) is 0.393. The molecule has 0 spiro atoms. The number of anilines is 1. The van der Waals surface area contributed by atoms with Crippen LogP contribution < -0.4 is 5.73 Å². The molecule has 10 heteroatoms. The fourth-order valence-corrected chi connectivity index (χ4v) is 2.60. The standard InChI is InChI=1S/C12H12ClN5O4/c1-2-12(21)7(20)5(3-19)22-10(12)18-4-15-6-8(14)16-11(13)17-9(6)18/h1,4-5,7,10,19-21H,3H2,(H2,14,16,17)/t5-,7-,10-,12-/m1/s1. The smallest absolute Gasteiger partial charge is 0.226 e. The molecule has 9 nitrogen and oxygen atoms in total. The lowest BCUT2D eigenvalue weighted by atomic mass is 9.95. The number of imidazole rings is 1. The highest BCUT2D eigenvalue weighted by Crippen LogP contribution is 2.39. The van der Waals surface area contributed by atoms with Gasteiger partial charge >= 0.3 is 0 Å². The zero-order valence-corrected chi connectivity index (χ0v) is 11.8. The molecule has 116 valence electrons. The Hall–Kier alpha value is -1.96. The van der Waals surface area contributed by atoms with Crippen LogP contribution in [-0.2, 0) is 4.74 Å². The van der Waals surface area contributed by atoms with Crippen molar-refractivity contribution >= 4 is 28.6 Å². The SMILES string of the molecule is C#C[C@@]1(O)[C@H](O)[C@@H](CO)O[C@H]1n1cnc2c(N)nc(Cl)nc21. The Balaban J connectivity index is 2.17. The predicted octanol–water partition coefficient (Wildman–Crippen LogP) is -1.32. The molecule has 1 aliphatic heterocycles. The third-order valence-electron chi connectivity index (χ3n) is 3.57. The molecular weight excluding hydrogens is 314 g/mol. The van der Waals surface area contributed by atoms with Crippen LogP contribution in [0.2, 0.25) is 5.28 Å². The molecule has 4 atom stereocenters. The van der Waals surface area contributed by atoms with E-state index < -0.39 is 30.6 Å². The van der Waals surface area contributed by atoms with E-state index in [0.717, 1.165) is 0 Å². The van der Waals surface area contributed by atoms with Crippen LogP contribution in [0.15, 0.2) is 6.33 Å². The highest BCUT2D eigenvalue weighted by Gasteiger charge is 2.55. The molecule has 0 bridgehead atoms. The second kappa shape index (κ2) is 5.05. The third kappa shape index (κ3) is 1.93. The van der Waals surface area contributed by atoms with E-state index >= 15 is 0 Å². The minimum atomic E-state index is -2.08. The first-order valence-corrected chi connectivity index (χ1v) is 6.60. The number of halogens is 1. The van der Waals surface area contributed by atoms with E-state index in [9.17, 15) is 15.3 Å². The fraction of sp³-hybridized carbons (Fsp3) is 0.417. The van der Waals surface area contributed by atoms with Gasteiger partial charge < -0.3 is 25.8 Å². The number of fused-ring (bicyclic) bond motifs is 1. The van der Waals surface area contributed by atoms with Crippen molar-refractivity contribution in [2.24, 2.45) is 0 Å². The summed E-state index contributed by atoms with van der Waals surface area (Å²) in [5, 5.41) is 29.7. The summed E-state index contributed by atoms with van der Waals surface area (Å²) < 4.78 is 6.74. The van der Waals surface area contributed by atoms with Crippen LogP contribution in [0.25, 0.3) is 11.2 Å². The molecule has 5 N–H and O–H groups in total. The van der Waals surface area contributed by atoms with E-state index in [4.69, 9.17) is 28.5 Å². The van der Waals surface area contributed by atoms with Crippen molar-refractivity contribution in [1.29, 1.82) is 0 Å². The molecule has 1 aliphatic rings. The summed E-state index contributed by atoms with van der Waals surface area (Å²) >= 11 is 5.77. The van der Waals surface area contributed by atoms with Crippen LogP contribution in [-0.4, -0.2) is 59.3 Å². The highest BCUT2D eigenvalue weighted by atomic mass is 35.5. The lowest BCUT2D eigenvalue weighted by molar-refractivity contribution is -0.0721. The predicted molar refractivity (Wildman–Crippen MR) is 75.5 cm³/mol. The average Bonchev–Trinajstić information content (AvgIpc) is 3.00. The van der Waals surface area contributed by atoms with Crippen LogP contribution in [0.1, 0.15) is 6.23 Å². The molecule has 1 saturated heterocycles. The molecule has 22 heavy (non-hydrogen) atoms. The summed E-state index contributed by atoms with van der Waals surface area (Å²) in [5.41, 5.74) is 4.06. The number of terminal acetylenes is 1. The van der Waals surface area contributed by atoms with Crippen molar-refractivity contribution in [2.75, 3.05) is 12.3 Å². The van der Waals surface area contributed by atoms with Crippen molar-refractivity contribution in [3.05, 3.63) is 11.6 Å². The van der Waals surface area contributed by atoms with E-state index in [1.807, 2.05) is 0 Å². The van der Waals surface area contributed by atoms with Crippen molar-refractivity contribution < 1.29 is 20.1 Å². The van der Waals surface area contributed by atoms with Crippen LogP contribution in [0.5, 0.6) is 0 Å². The second-order valence-corrected chi connectivity index (χ2v) is 5.16. The van der Waals surface area contributed by atoms with Crippen LogP contribution in [0.4, 0.5) is 5.82 Å². The number of aliphatic hydroxyl groups excluding tert-OH is 2. The molecular formula is C12H12ClN5O4. The van der Waals surface area contributed by atoms with E-state index in [0.29, 0.717) is 0 Å². The molecule has 0 saturated carbocycles. The number of rotatable bonds is 2. The number of hydrogen-bond donors (Lipinski definition) is 4. The molecule has 3 rings (SSSR count). The van der Waals surface area contributed by atoms with Gasteiger partial charge in [-0.1, -0.05) is 5.92 Å². The van der Waals surface area contributed by atoms with E-state index in [-0.39, 0.29) is 22.3 Å². The largest absolute Gasteiger partial charge is 0.394 e. The summed E-state index contributed by atoms with van der Waals surface area (Å²) in [7, 11) is 0. The summed E-state index contributed by atoms with van der Waals surface area (Å²) in [5.74, 6) is 2.15. The van der Waals surface area contributed by atoms with Gasteiger partial charge in [-0.15, -0.1) is 6.42 Å². The molecule has 0 radical (unpaired) electrons. The number of hydrogen-bond acceptors (Lipinski definition) is 8. The summed E-state index contributed by atoms with van der Waals surface area (Å²) in [6, 6.07) is 0. The Bertz CT molecular complexity index is 775. The summed E-state index contributed by atoms with van der Waals surface area (Å²) in [6.45, 7) is -0.522. The molecule has 0 aromatic carbocycles. The first kappa shape index (κ1) is 15.0. The minimum Gasteiger partial charge on any atom is -0.394 e. The van der Waals surface area contributed by atoms with Gasteiger partial charge in [0.2, 0.25) is 5.28 Å². The van der Waals surface area contributed by atoms with Gasteiger partial charge in [-0.05, 0) is 11.6 Å². The number of nitrogen functional groups attached to an aromatic ring is 1. The second-order valence-electron chi connectivity index (χ2n) is 4.83. The summed E-state index contributed by atoms with van der Waals surface area (Å²) in [6.07, 6.45) is 2.85. The van der Waals surface area contributed by atoms with Gasteiger partial charge in [-0.3, -0.25) is 4.57 Å². The zero-order valence-electron chi connectivity index (χ0n) is 11.1. The van der Waals surface area contributed by atoms with Crippen LogP contribution >= 0.6 is 11.6 Å². The molecule has 1 fully saturated rings. The molecule has 0 aliphatic carbocycles. The van der Waals surface area contributed by atoms with Crippen molar-refractivity contribution in [2.45, 2.75) is 24.0 Å². The third-order valence-corrected chi connectivity index (χ3v) is 3.74. The Kier molecular flexibility index (Phi) is 3.43. The maximum Gasteiger partial charge on any atom is 0.226 e. The molecule has 0 unspecified atom stereocenters. The lowest BCUT2D eigenvalue weighted by Crippen LogP contribution is -2.45. The fourth-order valence-electron chi connectivity index (χ4n) is 2.43. The van der Waals surface area contributed by atoms with Crippen LogP contribution in [0.3, 0.4) is 0 Å². The molecule has 3 heterocycles. The van der Waals surface area contributed by atoms with Crippen molar-refractivity contribution in [3.63, 3.8) is 0 Å². The number of nitrogens with two attached hydrogens (primary N) is 1. The van der Waals surface area contributed by atoms with Gasteiger partial charge in [0.15, 0.2) is 23.3 Å².